The minimum Gasteiger partial charge on any atom is -0.489 e. The molecular weight excluding hydrogens is 198 g/mol. The van der Waals surface area contributed by atoms with Gasteiger partial charge in [-0.05, 0) is 37.1 Å². The zero-order chi connectivity index (χ0) is 11.4. The molecule has 0 amide bonds. The van der Waals surface area contributed by atoms with Gasteiger partial charge in [0.05, 0.1) is 0 Å². The molecule has 0 aliphatic rings. The van der Waals surface area contributed by atoms with Crippen LogP contribution in [0.2, 0.25) is 0 Å². The quantitative estimate of drug-likeness (QED) is 0.780. The summed E-state index contributed by atoms with van der Waals surface area (Å²) in [6.07, 6.45) is 3.59. The molecule has 16 heavy (non-hydrogen) atoms. The summed E-state index contributed by atoms with van der Waals surface area (Å²) in [4.78, 5) is 4.06. The van der Waals surface area contributed by atoms with Crippen LogP contribution in [-0.4, -0.2) is 4.98 Å². The fourth-order valence-corrected chi connectivity index (χ4v) is 1.53. The van der Waals surface area contributed by atoms with Gasteiger partial charge < -0.3 is 4.74 Å². The largest absolute Gasteiger partial charge is 0.489 e. The Labute approximate surface area is 95.9 Å². The van der Waals surface area contributed by atoms with Gasteiger partial charge in [0, 0.05) is 18.0 Å². The van der Waals surface area contributed by atoms with Gasteiger partial charge in [0.1, 0.15) is 12.4 Å². The normalized spacial score (nSPS) is 10.1. The van der Waals surface area contributed by atoms with Gasteiger partial charge >= 0.3 is 0 Å². The Kier molecular flexibility index (Phi) is 3.20. The Balaban J connectivity index is 2.08. The van der Waals surface area contributed by atoms with E-state index in [0.29, 0.717) is 6.61 Å². The van der Waals surface area contributed by atoms with Gasteiger partial charge in [0.15, 0.2) is 0 Å². The molecule has 0 aliphatic heterocycles. The van der Waals surface area contributed by atoms with Crippen LogP contribution < -0.4 is 4.74 Å². The van der Waals surface area contributed by atoms with Crippen molar-refractivity contribution in [3.8, 4) is 5.75 Å². The summed E-state index contributed by atoms with van der Waals surface area (Å²) in [6.45, 7) is 4.73. The maximum Gasteiger partial charge on any atom is 0.122 e. The van der Waals surface area contributed by atoms with Crippen LogP contribution in [0.5, 0.6) is 5.75 Å². The van der Waals surface area contributed by atoms with Crippen LogP contribution in [0.4, 0.5) is 0 Å². The standard InChI is InChI=1S/C14H15NO/c1-11-5-3-7-14(12(11)2)16-10-13-6-4-8-15-9-13/h3-9H,10H2,1-2H3. The zero-order valence-corrected chi connectivity index (χ0v) is 9.60. The first kappa shape index (κ1) is 10.7. The average Bonchev–Trinajstić information content (AvgIpc) is 2.32. The van der Waals surface area contributed by atoms with Gasteiger partial charge in [-0.1, -0.05) is 18.2 Å². The fraction of sp³-hybridized carbons (Fsp3) is 0.214. The molecule has 0 unspecified atom stereocenters. The highest BCUT2D eigenvalue weighted by atomic mass is 16.5. The zero-order valence-electron chi connectivity index (χ0n) is 9.60. The molecule has 2 nitrogen and oxygen atoms in total. The lowest BCUT2D eigenvalue weighted by Gasteiger charge is -2.10. The van der Waals surface area contributed by atoms with Gasteiger partial charge in [-0.3, -0.25) is 4.98 Å². The fourth-order valence-electron chi connectivity index (χ4n) is 1.53. The van der Waals surface area contributed by atoms with Gasteiger partial charge in [-0.25, -0.2) is 0 Å². The molecule has 0 bridgehead atoms. The topological polar surface area (TPSA) is 22.1 Å². The third-order valence-corrected chi connectivity index (χ3v) is 2.67. The molecule has 1 aromatic heterocycles. The van der Waals surface area contributed by atoms with Gasteiger partial charge in [-0.15, -0.1) is 0 Å². The van der Waals surface area contributed by atoms with Crippen molar-refractivity contribution in [3.05, 3.63) is 59.4 Å². The number of pyridine rings is 1. The van der Waals surface area contributed by atoms with Crippen LogP contribution in [0.3, 0.4) is 0 Å². The van der Waals surface area contributed by atoms with E-state index in [1.807, 2.05) is 30.5 Å². The van der Waals surface area contributed by atoms with Crippen molar-refractivity contribution in [2.24, 2.45) is 0 Å². The maximum atomic E-state index is 5.76. The molecule has 0 saturated carbocycles. The predicted molar refractivity (Wildman–Crippen MR) is 64.5 cm³/mol. The first-order valence-electron chi connectivity index (χ1n) is 5.35. The second kappa shape index (κ2) is 4.79. The van der Waals surface area contributed by atoms with E-state index in [-0.39, 0.29) is 0 Å². The molecule has 2 aromatic rings. The van der Waals surface area contributed by atoms with E-state index < -0.39 is 0 Å². The monoisotopic (exact) mass is 213 g/mol. The second-order valence-corrected chi connectivity index (χ2v) is 3.85. The van der Waals surface area contributed by atoms with Crippen molar-refractivity contribution >= 4 is 0 Å². The highest BCUT2D eigenvalue weighted by Gasteiger charge is 2.01. The lowest BCUT2D eigenvalue weighted by atomic mass is 10.1. The molecule has 0 fully saturated rings. The van der Waals surface area contributed by atoms with Crippen molar-refractivity contribution in [3.63, 3.8) is 0 Å². The first-order valence-corrected chi connectivity index (χ1v) is 5.35. The minimum absolute atomic E-state index is 0.568. The number of aryl methyl sites for hydroxylation is 1. The molecule has 0 N–H and O–H groups in total. The van der Waals surface area contributed by atoms with E-state index in [1.165, 1.54) is 11.1 Å². The minimum atomic E-state index is 0.568. The molecule has 1 aromatic carbocycles. The molecule has 0 atom stereocenters. The highest BCUT2D eigenvalue weighted by Crippen LogP contribution is 2.21. The Morgan fingerprint density at radius 1 is 1.12 bits per heavy atom. The van der Waals surface area contributed by atoms with Gasteiger partial charge in [-0.2, -0.15) is 0 Å². The summed E-state index contributed by atoms with van der Waals surface area (Å²) < 4.78 is 5.76. The van der Waals surface area contributed by atoms with Crippen molar-refractivity contribution < 1.29 is 4.74 Å². The van der Waals surface area contributed by atoms with Crippen LogP contribution in [0, 0.1) is 13.8 Å². The lowest BCUT2D eigenvalue weighted by Crippen LogP contribution is -1.98. The van der Waals surface area contributed by atoms with Crippen LogP contribution in [0.15, 0.2) is 42.7 Å². The van der Waals surface area contributed by atoms with E-state index in [0.717, 1.165) is 11.3 Å². The number of ether oxygens (including phenoxy) is 1. The SMILES string of the molecule is Cc1cccc(OCc2cccnc2)c1C. The molecule has 0 radical (unpaired) electrons. The van der Waals surface area contributed by atoms with Crippen LogP contribution >= 0.6 is 0 Å². The lowest BCUT2D eigenvalue weighted by molar-refractivity contribution is 0.303. The van der Waals surface area contributed by atoms with E-state index in [1.54, 1.807) is 6.20 Å². The third kappa shape index (κ3) is 2.40. The van der Waals surface area contributed by atoms with Crippen molar-refractivity contribution in [2.45, 2.75) is 20.5 Å². The number of nitrogens with zero attached hydrogens (tertiary/aromatic N) is 1. The Bertz CT molecular complexity index is 465. The summed E-state index contributed by atoms with van der Waals surface area (Å²) in [7, 11) is 0. The Hall–Kier alpha value is -1.83. The summed E-state index contributed by atoms with van der Waals surface area (Å²) >= 11 is 0. The molecule has 1 heterocycles. The summed E-state index contributed by atoms with van der Waals surface area (Å²) in [5, 5.41) is 0. The third-order valence-electron chi connectivity index (χ3n) is 2.67. The molecule has 2 rings (SSSR count). The number of benzene rings is 1. The van der Waals surface area contributed by atoms with Crippen LogP contribution in [0.25, 0.3) is 0 Å². The first-order chi connectivity index (χ1) is 7.77. The number of hydrogen-bond donors (Lipinski definition) is 0. The Morgan fingerprint density at radius 2 is 2.00 bits per heavy atom. The van der Waals surface area contributed by atoms with E-state index in [2.05, 4.69) is 24.9 Å². The van der Waals surface area contributed by atoms with Gasteiger partial charge in [0.25, 0.3) is 0 Å². The number of rotatable bonds is 3. The highest BCUT2D eigenvalue weighted by molar-refractivity contribution is 5.38. The van der Waals surface area contributed by atoms with E-state index in [4.69, 9.17) is 4.74 Å². The average molecular weight is 213 g/mol. The molecule has 0 aliphatic carbocycles. The molecular formula is C14H15NO. The summed E-state index contributed by atoms with van der Waals surface area (Å²) in [6, 6.07) is 10.0. The van der Waals surface area contributed by atoms with Crippen LogP contribution in [0.1, 0.15) is 16.7 Å². The smallest absolute Gasteiger partial charge is 0.122 e. The van der Waals surface area contributed by atoms with Crippen molar-refractivity contribution in [1.82, 2.24) is 4.98 Å². The molecule has 2 heteroatoms. The van der Waals surface area contributed by atoms with E-state index in [9.17, 15) is 0 Å². The maximum absolute atomic E-state index is 5.76. The van der Waals surface area contributed by atoms with Crippen molar-refractivity contribution in [2.75, 3.05) is 0 Å². The molecule has 0 saturated heterocycles. The second-order valence-electron chi connectivity index (χ2n) is 3.85. The predicted octanol–water partition coefficient (Wildman–Crippen LogP) is 3.28. The summed E-state index contributed by atoms with van der Waals surface area (Å²) in [5.41, 5.74) is 3.54. The molecule has 0 spiro atoms. The number of aromatic nitrogens is 1. The van der Waals surface area contributed by atoms with Crippen molar-refractivity contribution in [1.29, 1.82) is 0 Å². The number of hydrogen-bond acceptors (Lipinski definition) is 2. The molecule has 82 valence electrons. The van der Waals surface area contributed by atoms with Gasteiger partial charge in [0.2, 0.25) is 0 Å². The van der Waals surface area contributed by atoms with E-state index >= 15 is 0 Å². The Morgan fingerprint density at radius 3 is 2.75 bits per heavy atom. The van der Waals surface area contributed by atoms with Crippen LogP contribution in [-0.2, 0) is 6.61 Å². The summed E-state index contributed by atoms with van der Waals surface area (Å²) in [5.74, 6) is 0.948.